The second kappa shape index (κ2) is 12.6. The number of carbonyl (C=O) groups excluding carboxylic acids is 2. The van der Waals surface area contributed by atoms with E-state index in [-0.39, 0.29) is 12.0 Å². The number of carboxylic acid groups (broad SMARTS) is 1. The summed E-state index contributed by atoms with van der Waals surface area (Å²) in [6.07, 6.45) is -1.07. The number of ether oxygens (including phenoxy) is 1. The van der Waals surface area contributed by atoms with Crippen LogP contribution in [-0.2, 0) is 23.0 Å². The fourth-order valence-electron chi connectivity index (χ4n) is 4.27. The van der Waals surface area contributed by atoms with Gasteiger partial charge in [0.25, 0.3) is 5.91 Å². The molecule has 3 aromatic carbocycles. The van der Waals surface area contributed by atoms with Crippen molar-refractivity contribution in [3.05, 3.63) is 107 Å². The summed E-state index contributed by atoms with van der Waals surface area (Å²) in [7, 11) is 1.75. The molecule has 0 aliphatic carbocycles. The maximum Gasteiger partial charge on any atom is 0.412 e. The molecule has 0 saturated heterocycles. The van der Waals surface area contributed by atoms with Crippen molar-refractivity contribution in [3.8, 4) is 17.3 Å². The molecule has 4 rings (SSSR count). The Balaban J connectivity index is 1.47. The van der Waals surface area contributed by atoms with E-state index in [2.05, 4.69) is 15.7 Å². The topological polar surface area (TPSA) is 146 Å². The Bertz CT molecular complexity index is 1610. The molecule has 0 aliphatic heterocycles. The molecular formula is C31H29N5O5. The number of aromatic nitrogens is 2. The van der Waals surface area contributed by atoms with Crippen LogP contribution in [0.3, 0.4) is 0 Å². The average molecular weight is 552 g/mol. The Morgan fingerprint density at radius 2 is 1.76 bits per heavy atom. The van der Waals surface area contributed by atoms with Crippen LogP contribution in [0.4, 0.5) is 10.5 Å². The van der Waals surface area contributed by atoms with Crippen LogP contribution in [0.15, 0.2) is 78.9 Å². The zero-order valence-corrected chi connectivity index (χ0v) is 22.8. The molecule has 1 heterocycles. The predicted octanol–water partition coefficient (Wildman–Crippen LogP) is 5.00. The molecule has 10 nitrogen and oxygen atoms in total. The van der Waals surface area contributed by atoms with Gasteiger partial charge in [0, 0.05) is 24.6 Å². The largest absolute Gasteiger partial charge is 0.480 e. The van der Waals surface area contributed by atoms with E-state index in [1.54, 1.807) is 67.2 Å². The summed E-state index contributed by atoms with van der Waals surface area (Å²) in [6.45, 7) is 3.60. The van der Waals surface area contributed by atoms with Gasteiger partial charge in [-0.25, -0.2) is 9.59 Å². The highest BCUT2D eigenvalue weighted by atomic mass is 16.6. The van der Waals surface area contributed by atoms with Crippen LogP contribution in [-0.4, -0.2) is 38.9 Å². The summed E-state index contributed by atoms with van der Waals surface area (Å²) in [5, 5.41) is 28.6. The number of benzene rings is 3. The third kappa shape index (κ3) is 6.96. The summed E-state index contributed by atoms with van der Waals surface area (Å²) in [5.74, 6) is -1.75. The fraction of sp³-hybridized carbons (Fsp3) is 0.194. The number of anilines is 1. The first kappa shape index (κ1) is 28.6. The van der Waals surface area contributed by atoms with Crippen molar-refractivity contribution in [2.75, 3.05) is 5.32 Å². The van der Waals surface area contributed by atoms with E-state index >= 15 is 0 Å². The van der Waals surface area contributed by atoms with Crippen molar-refractivity contribution in [1.29, 1.82) is 5.26 Å². The molecule has 0 bridgehead atoms. The number of aryl methyl sites for hydroxylation is 1. The third-order valence-corrected chi connectivity index (χ3v) is 6.63. The van der Waals surface area contributed by atoms with E-state index < -0.39 is 30.1 Å². The molecule has 0 radical (unpaired) electrons. The maximum atomic E-state index is 12.9. The standard InChI is InChI=1S/C31H29N5O5/c1-19-27(34-31(40)41-20(2)23-10-5-4-6-11-23)28(35-36(19)3)24-12-14-25(15-13-24)29(37)33-26(30(38)39)17-21-8-7-9-22(16-21)18-32/h4-16,20,26H,17H2,1-3H3,(H,33,37)(H,34,40)(H,38,39). The lowest BCUT2D eigenvalue weighted by molar-refractivity contribution is -0.139. The van der Waals surface area contributed by atoms with Gasteiger partial charge in [-0.1, -0.05) is 54.6 Å². The number of hydrogen-bond donors (Lipinski definition) is 3. The quantitative estimate of drug-likeness (QED) is 0.265. The molecule has 0 spiro atoms. The van der Waals surface area contributed by atoms with Crippen molar-refractivity contribution in [2.24, 2.45) is 7.05 Å². The molecule has 0 fully saturated rings. The van der Waals surface area contributed by atoms with Gasteiger partial charge in [0.1, 0.15) is 17.8 Å². The summed E-state index contributed by atoms with van der Waals surface area (Å²) in [4.78, 5) is 37.4. The minimum Gasteiger partial charge on any atom is -0.480 e. The molecule has 2 amide bonds. The molecule has 0 aliphatic rings. The predicted molar refractivity (Wildman–Crippen MR) is 152 cm³/mol. The highest BCUT2D eigenvalue weighted by Crippen LogP contribution is 2.30. The summed E-state index contributed by atoms with van der Waals surface area (Å²) in [5.41, 5.74) is 4.45. The first-order valence-electron chi connectivity index (χ1n) is 12.9. The molecule has 208 valence electrons. The Morgan fingerprint density at radius 3 is 2.41 bits per heavy atom. The van der Waals surface area contributed by atoms with Crippen molar-refractivity contribution < 1.29 is 24.2 Å². The van der Waals surface area contributed by atoms with Crippen LogP contribution in [0, 0.1) is 18.3 Å². The second-order valence-electron chi connectivity index (χ2n) is 9.47. The molecule has 4 aromatic rings. The molecule has 2 atom stereocenters. The number of aliphatic carboxylic acids is 1. The van der Waals surface area contributed by atoms with Crippen LogP contribution in [0.2, 0.25) is 0 Å². The highest BCUT2D eigenvalue weighted by molar-refractivity contribution is 5.97. The van der Waals surface area contributed by atoms with Crippen LogP contribution in [0.1, 0.15) is 45.8 Å². The Kier molecular flexibility index (Phi) is 8.79. The van der Waals surface area contributed by atoms with Crippen LogP contribution in [0.5, 0.6) is 0 Å². The number of carboxylic acids is 1. The lowest BCUT2D eigenvalue weighted by atomic mass is 10.0. The fourth-order valence-corrected chi connectivity index (χ4v) is 4.27. The average Bonchev–Trinajstić information content (AvgIpc) is 3.25. The molecule has 2 unspecified atom stereocenters. The number of amides is 2. The summed E-state index contributed by atoms with van der Waals surface area (Å²) in [6, 6.07) is 23.3. The lowest BCUT2D eigenvalue weighted by Gasteiger charge is -2.15. The van der Waals surface area contributed by atoms with Gasteiger partial charge in [-0.15, -0.1) is 0 Å². The van der Waals surface area contributed by atoms with Crippen LogP contribution >= 0.6 is 0 Å². The molecular weight excluding hydrogens is 522 g/mol. The second-order valence-corrected chi connectivity index (χ2v) is 9.47. The molecule has 3 N–H and O–H groups in total. The first-order valence-corrected chi connectivity index (χ1v) is 12.9. The number of hydrogen-bond acceptors (Lipinski definition) is 6. The van der Waals surface area contributed by atoms with E-state index in [1.807, 2.05) is 43.3 Å². The Hall–Kier alpha value is -5.43. The highest BCUT2D eigenvalue weighted by Gasteiger charge is 2.23. The Labute approximate surface area is 237 Å². The summed E-state index contributed by atoms with van der Waals surface area (Å²) < 4.78 is 7.18. The number of nitrogens with zero attached hydrogens (tertiary/aromatic N) is 3. The lowest BCUT2D eigenvalue weighted by Crippen LogP contribution is -2.42. The Morgan fingerprint density at radius 1 is 1.05 bits per heavy atom. The minimum absolute atomic E-state index is 0.0237. The number of carbonyl (C=O) groups is 3. The van der Waals surface area contributed by atoms with Crippen molar-refractivity contribution >= 4 is 23.7 Å². The van der Waals surface area contributed by atoms with Gasteiger partial charge >= 0.3 is 12.1 Å². The van der Waals surface area contributed by atoms with E-state index in [0.717, 1.165) is 5.56 Å². The van der Waals surface area contributed by atoms with Gasteiger partial charge in [-0.05, 0) is 49.2 Å². The normalized spacial score (nSPS) is 12.0. The molecule has 41 heavy (non-hydrogen) atoms. The van der Waals surface area contributed by atoms with Gasteiger partial charge in [-0.2, -0.15) is 10.4 Å². The zero-order chi connectivity index (χ0) is 29.5. The minimum atomic E-state index is -1.19. The van der Waals surface area contributed by atoms with Gasteiger partial charge in [0.15, 0.2) is 0 Å². The van der Waals surface area contributed by atoms with Crippen LogP contribution < -0.4 is 10.6 Å². The molecule has 1 aromatic heterocycles. The van der Waals surface area contributed by atoms with Crippen molar-refractivity contribution in [2.45, 2.75) is 32.4 Å². The number of nitrogens with one attached hydrogen (secondary N) is 2. The first-order chi connectivity index (χ1) is 19.7. The number of nitriles is 1. The zero-order valence-electron chi connectivity index (χ0n) is 22.8. The number of rotatable bonds is 9. The smallest absolute Gasteiger partial charge is 0.412 e. The van der Waals surface area contributed by atoms with Crippen molar-refractivity contribution in [1.82, 2.24) is 15.1 Å². The molecule has 10 heteroatoms. The van der Waals surface area contributed by atoms with Gasteiger partial charge in [-0.3, -0.25) is 14.8 Å². The van der Waals surface area contributed by atoms with Gasteiger partial charge in [0.05, 0.1) is 23.0 Å². The monoisotopic (exact) mass is 551 g/mol. The van der Waals surface area contributed by atoms with Gasteiger partial charge < -0.3 is 15.2 Å². The van der Waals surface area contributed by atoms with E-state index in [4.69, 9.17) is 10.00 Å². The van der Waals surface area contributed by atoms with E-state index in [1.165, 1.54) is 0 Å². The van der Waals surface area contributed by atoms with E-state index in [9.17, 15) is 19.5 Å². The van der Waals surface area contributed by atoms with Crippen molar-refractivity contribution in [3.63, 3.8) is 0 Å². The SMILES string of the molecule is Cc1c(NC(=O)OC(C)c2ccccc2)c(-c2ccc(C(=O)NC(Cc3cccc(C#N)c3)C(=O)O)cc2)nn1C. The summed E-state index contributed by atoms with van der Waals surface area (Å²) >= 11 is 0. The third-order valence-electron chi connectivity index (χ3n) is 6.63. The van der Waals surface area contributed by atoms with Gasteiger partial charge in [0.2, 0.25) is 0 Å². The maximum absolute atomic E-state index is 12.9. The van der Waals surface area contributed by atoms with Crippen LogP contribution in [0.25, 0.3) is 11.3 Å². The van der Waals surface area contributed by atoms with E-state index in [0.29, 0.717) is 33.8 Å². The molecule has 0 saturated carbocycles.